The zero-order chi connectivity index (χ0) is 15.9. The van der Waals surface area contributed by atoms with Gasteiger partial charge in [0.1, 0.15) is 17.2 Å². The van der Waals surface area contributed by atoms with Crippen LogP contribution < -0.4 is 19.5 Å². The molecular weight excluding hydrogens is 284 g/mol. The van der Waals surface area contributed by atoms with E-state index in [0.717, 1.165) is 43.2 Å². The van der Waals surface area contributed by atoms with Crippen LogP contribution >= 0.6 is 0 Å². The summed E-state index contributed by atoms with van der Waals surface area (Å²) in [4.78, 5) is 2.36. The maximum absolute atomic E-state index is 9.51. The summed E-state index contributed by atoms with van der Waals surface area (Å²) in [5, 5.41) is 12.9. The van der Waals surface area contributed by atoms with Crippen molar-refractivity contribution in [1.82, 2.24) is 10.2 Å². The number of nitrogens with zero attached hydrogens (tertiary/aromatic N) is 1. The van der Waals surface area contributed by atoms with Crippen LogP contribution in [0.15, 0.2) is 12.1 Å². The molecule has 1 atom stereocenters. The van der Waals surface area contributed by atoms with Crippen molar-refractivity contribution in [3.8, 4) is 17.2 Å². The standard InChI is InChI=1S/C16H26N2O4/c1-20-12-10-14(21-2)16(15(11-12)22-3)13(4-9-19)18-7-5-17-6-8-18/h10-11,13,17,19H,4-9H2,1-3H3/t13-/m0/s1. The van der Waals surface area contributed by atoms with Crippen LogP contribution in [0.25, 0.3) is 0 Å². The van der Waals surface area contributed by atoms with E-state index < -0.39 is 0 Å². The fourth-order valence-corrected chi connectivity index (χ4v) is 2.99. The number of nitrogens with one attached hydrogen (secondary N) is 1. The Bertz CT molecular complexity index is 450. The number of aliphatic hydroxyl groups excluding tert-OH is 1. The van der Waals surface area contributed by atoms with Crippen LogP contribution in [0.4, 0.5) is 0 Å². The van der Waals surface area contributed by atoms with Gasteiger partial charge in [-0.3, -0.25) is 4.90 Å². The molecule has 6 nitrogen and oxygen atoms in total. The number of aliphatic hydroxyl groups is 1. The number of hydrogen-bond donors (Lipinski definition) is 2. The van der Waals surface area contributed by atoms with Crippen molar-refractivity contribution in [2.24, 2.45) is 0 Å². The van der Waals surface area contributed by atoms with Crippen LogP contribution in [0.5, 0.6) is 17.2 Å². The van der Waals surface area contributed by atoms with Crippen LogP contribution in [0.2, 0.25) is 0 Å². The lowest BCUT2D eigenvalue weighted by Crippen LogP contribution is -2.45. The van der Waals surface area contributed by atoms with Gasteiger partial charge in [-0.1, -0.05) is 0 Å². The molecule has 1 aromatic rings. The fourth-order valence-electron chi connectivity index (χ4n) is 2.99. The first-order valence-corrected chi connectivity index (χ1v) is 7.60. The third kappa shape index (κ3) is 3.63. The van der Waals surface area contributed by atoms with Gasteiger partial charge in [-0.05, 0) is 6.42 Å². The van der Waals surface area contributed by atoms with Gasteiger partial charge in [-0.2, -0.15) is 0 Å². The first kappa shape index (κ1) is 16.9. The highest BCUT2D eigenvalue weighted by Gasteiger charge is 2.28. The molecule has 0 aliphatic carbocycles. The van der Waals surface area contributed by atoms with Gasteiger partial charge in [0.15, 0.2) is 0 Å². The molecule has 0 radical (unpaired) electrons. The highest BCUT2D eigenvalue weighted by molar-refractivity contribution is 5.52. The highest BCUT2D eigenvalue weighted by atomic mass is 16.5. The van der Waals surface area contributed by atoms with Crippen LogP contribution in [-0.4, -0.2) is 64.1 Å². The number of piperazine rings is 1. The Balaban J connectivity index is 2.44. The van der Waals surface area contributed by atoms with Crippen LogP contribution in [0.1, 0.15) is 18.0 Å². The second-order valence-corrected chi connectivity index (χ2v) is 5.26. The lowest BCUT2D eigenvalue weighted by atomic mass is 9.98. The third-order valence-electron chi connectivity index (χ3n) is 4.08. The number of hydrogen-bond acceptors (Lipinski definition) is 6. The van der Waals surface area contributed by atoms with E-state index >= 15 is 0 Å². The molecule has 1 aliphatic rings. The molecule has 0 amide bonds. The summed E-state index contributed by atoms with van der Waals surface area (Å²) in [6, 6.07) is 3.79. The minimum Gasteiger partial charge on any atom is -0.496 e. The van der Waals surface area contributed by atoms with Crippen LogP contribution in [-0.2, 0) is 0 Å². The molecule has 22 heavy (non-hydrogen) atoms. The number of methoxy groups -OCH3 is 3. The van der Waals surface area contributed by atoms with Crippen molar-refractivity contribution in [3.05, 3.63) is 17.7 Å². The van der Waals surface area contributed by atoms with Gasteiger partial charge in [-0.15, -0.1) is 0 Å². The quantitative estimate of drug-likeness (QED) is 0.785. The summed E-state index contributed by atoms with van der Waals surface area (Å²) < 4.78 is 16.4. The first-order valence-electron chi connectivity index (χ1n) is 7.60. The summed E-state index contributed by atoms with van der Waals surface area (Å²) in [6.07, 6.45) is 0.638. The molecule has 6 heteroatoms. The number of rotatable bonds is 7. The Hall–Kier alpha value is -1.50. The minimum absolute atomic E-state index is 0.0582. The summed E-state index contributed by atoms with van der Waals surface area (Å²) >= 11 is 0. The van der Waals surface area contributed by atoms with E-state index in [1.54, 1.807) is 21.3 Å². The van der Waals surface area contributed by atoms with E-state index in [2.05, 4.69) is 10.2 Å². The van der Waals surface area contributed by atoms with E-state index in [1.807, 2.05) is 12.1 Å². The molecule has 1 aromatic carbocycles. The third-order valence-corrected chi connectivity index (χ3v) is 4.08. The van der Waals surface area contributed by atoms with Crippen molar-refractivity contribution in [1.29, 1.82) is 0 Å². The van der Waals surface area contributed by atoms with Gasteiger partial charge in [0.05, 0.1) is 26.9 Å². The molecule has 1 aliphatic heterocycles. The smallest absolute Gasteiger partial charge is 0.131 e. The van der Waals surface area contributed by atoms with E-state index in [-0.39, 0.29) is 12.6 Å². The molecule has 1 saturated heterocycles. The molecule has 0 unspecified atom stereocenters. The molecule has 124 valence electrons. The normalized spacial score (nSPS) is 17.1. The molecule has 0 saturated carbocycles. The van der Waals surface area contributed by atoms with Crippen molar-refractivity contribution < 1.29 is 19.3 Å². The second kappa shape index (κ2) is 8.22. The zero-order valence-electron chi connectivity index (χ0n) is 13.6. The maximum atomic E-state index is 9.51. The maximum Gasteiger partial charge on any atom is 0.131 e. The van der Waals surface area contributed by atoms with Crippen molar-refractivity contribution in [3.63, 3.8) is 0 Å². The molecule has 2 rings (SSSR count). The fraction of sp³-hybridized carbons (Fsp3) is 0.625. The van der Waals surface area contributed by atoms with Crippen molar-refractivity contribution >= 4 is 0 Å². The average Bonchev–Trinajstić information content (AvgIpc) is 2.59. The molecule has 1 fully saturated rings. The first-order chi connectivity index (χ1) is 10.7. The van der Waals surface area contributed by atoms with E-state index in [0.29, 0.717) is 12.2 Å². The number of benzene rings is 1. The SMILES string of the molecule is COc1cc(OC)c([C@H](CCO)N2CCNCC2)c(OC)c1. The Labute approximate surface area is 132 Å². The highest BCUT2D eigenvalue weighted by Crippen LogP contribution is 2.41. The van der Waals surface area contributed by atoms with Gasteiger partial charge in [0.25, 0.3) is 0 Å². The van der Waals surface area contributed by atoms with Crippen LogP contribution in [0.3, 0.4) is 0 Å². The topological polar surface area (TPSA) is 63.2 Å². The second-order valence-electron chi connectivity index (χ2n) is 5.26. The zero-order valence-corrected chi connectivity index (χ0v) is 13.6. The van der Waals surface area contributed by atoms with Crippen LogP contribution in [0, 0.1) is 0 Å². The minimum atomic E-state index is 0.0582. The van der Waals surface area contributed by atoms with Gasteiger partial charge >= 0.3 is 0 Å². The molecule has 0 spiro atoms. The summed E-state index contributed by atoms with van der Waals surface area (Å²) in [5.41, 5.74) is 0.974. The summed E-state index contributed by atoms with van der Waals surface area (Å²) in [6.45, 7) is 3.88. The molecule has 0 bridgehead atoms. The predicted molar refractivity (Wildman–Crippen MR) is 85.0 cm³/mol. The van der Waals surface area contributed by atoms with Crippen molar-refractivity contribution in [2.45, 2.75) is 12.5 Å². The Morgan fingerprint density at radius 3 is 2.14 bits per heavy atom. The Morgan fingerprint density at radius 2 is 1.68 bits per heavy atom. The van der Waals surface area contributed by atoms with Gasteiger partial charge in [0, 0.05) is 51.0 Å². The van der Waals surface area contributed by atoms with Gasteiger partial charge < -0.3 is 24.6 Å². The molecule has 0 aromatic heterocycles. The number of ether oxygens (including phenoxy) is 3. The predicted octanol–water partition coefficient (Wildman–Crippen LogP) is 1.04. The largest absolute Gasteiger partial charge is 0.496 e. The van der Waals surface area contributed by atoms with Gasteiger partial charge in [0.2, 0.25) is 0 Å². The monoisotopic (exact) mass is 310 g/mol. The van der Waals surface area contributed by atoms with E-state index in [4.69, 9.17) is 14.2 Å². The molecule has 2 N–H and O–H groups in total. The van der Waals surface area contributed by atoms with Gasteiger partial charge in [-0.25, -0.2) is 0 Å². The molecular formula is C16H26N2O4. The van der Waals surface area contributed by atoms with E-state index in [1.165, 1.54) is 0 Å². The lowest BCUT2D eigenvalue weighted by Gasteiger charge is -2.36. The average molecular weight is 310 g/mol. The summed E-state index contributed by atoms with van der Waals surface area (Å²) in [5.74, 6) is 2.15. The Morgan fingerprint density at radius 1 is 1.09 bits per heavy atom. The lowest BCUT2D eigenvalue weighted by molar-refractivity contribution is 0.136. The van der Waals surface area contributed by atoms with E-state index in [9.17, 15) is 5.11 Å². The molecule has 1 heterocycles. The summed E-state index contributed by atoms with van der Waals surface area (Å²) in [7, 11) is 4.91. The Kier molecular flexibility index (Phi) is 6.30. The van der Waals surface area contributed by atoms with Crippen molar-refractivity contribution in [2.75, 3.05) is 54.1 Å².